The van der Waals surface area contributed by atoms with E-state index in [0.717, 1.165) is 36.6 Å². The molecule has 1 atom stereocenters. The molecule has 3 rings (SSSR count). The number of aryl methyl sites for hydroxylation is 1. The van der Waals surface area contributed by atoms with Gasteiger partial charge in [0.05, 0.1) is 17.6 Å². The molecular formula is C14H19N5. The molecule has 1 N–H and O–H groups in total. The third kappa shape index (κ3) is 2.81. The molecule has 100 valence electrons. The molecule has 5 nitrogen and oxygen atoms in total. The minimum atomic E-state index is 0.685. The molecular weight excluding hydrogens is 238 g/mol. The first-order valence-corrected chi connectivity index (χ1v) is 6.83. The Morgan fingerprint density at radius 3 is 3.11 bits per heavy atom. The largest absolute Gasteiger partial charge is 0.316 e. The first-order chi connectivity index (χ1) is 9.33. The van der Waals surface area contributed by atoms with E-state index < -0.39 is 0 Å². The molecule has 1 aliphatic rings. The number of piperidine rings is 1. The molecule has 0 aliphatic carbocycles. The second kappa shape index (κ2) is 5.48. The van der Waals surface area contributed by atoms with Crippen LogP contribution >= 0.6 is 0 Å². The van der Waals surface area contributed by atoms with E-state index in [4.69, 9.17) is 4.98 Å². The Hall–Kier alpha value is -1.75. The van der Waals surface area contributed by atoms with Gasteiger partial charge in [0.15, 0.2) is 0 Å². The Balaban J connectivity index is 1.78. The number of rotatable bonds is 3. The van der Waals surface area contributed by atoms with E-state index in [2.05, 4.69) is 15.4 Å². The molecule has 0 unspecified atom stereocenters. The van der Waals surface area contributed by atoms with E-state index in [1.807, 2.05) is 24.0 Å². The highest BCUT2D eigenvalue weighted by Crippen LogP contribution is 2.18. The average Bonchev–Trinajstić information content (AvgIpc) is 2.86. The Labute approximate surface area is 113 Å². The van der Waals surface area contributed by atoms with Gasteiger partial charge in [-0.05, 0) is 44.3 Å². The number of hydrogen-bond donors (Lipinski definition) is 1. The Kier molecular flexibility index (Phi) is 3.55. The van der Waals surface area contributed by atoms with E-state index in [0.29, 0.717) is 5.92 Å². The summed E-state index contributed by atoms with van der Waals surface area (Å²) in [5, 5.41) is 7.62. The monoisotopic (exact) mass is 257 g/mol. The van der Waals surface area contributed by atoms with E-state index in [1.54, 1.807) is 12.4 Å². The maximum atomic E-state index is 4.72. The van der Waals surface area contributed by atoms with Gasteiger partial charge in [-0.1, -0.05) is 0 Å². The Morgan fingerprint density at radius 2 is 2.37 bits per heavy atom. The van der Waals surface area contributed by atoms with Crippen LogP contribution in [0.3, 0.4) is 0 Å². The normalized spacial score (nSPS) is 19.5. The van der Waals surface area contributed by atoms with Gasteiger partial charge >= 0.3 is 0 Å². The molecule has 2 aromatic rings. The lowest BCUT2D eigenvalue weighted by Crippen LogP contribution is -2.31. The molecule has 0 bridgehead atoms. The molecule has 0 saturated carbocycles. The van der Waals surface area contributed by atoms with Crippen molar-refractivity contribution in [3.63, 3.8) is 0 Å². The van der Waals surface area contributed by atoms with Crippen LogP contribution < -0.4 is 5.32 Å². The minimum absolute atomic E-state index is 0.685. The van der Waals surface area contributed by atoms with E-state index in [-0.39, 0.29) is 0 Å². The van der Waals surface area contributed by atoms with Crippen LogP contribution in [0.5, 0.6) is 0 Å². The molecule has 0 spiro atoms. The second-order valence-electron chi connectivity index (χ2n) is 5.15. The summed E-state index contributed by atoms with van der Waals surface area (Å²) in [7, 11) is 1.93. The van der Waals surface area contributed by atoms with E-state index >= 15 is 0 Å². The van der Waals surface area contributed by atoms with Gasteiger partial charge < -0.3 is 5.32 Å². The third-order valence-electron chi connectivity index (χ3n) is 3.66. The number of nitrogens with zero attached hydrogens (tertiary/aromatic N) is 4. The van der Waals surface area contributed by atoms with Crippen molar-refractivity contribution in [1.82, 2.24) is 25.1 Å². The van der Waals surface area contributed by atoms with Gasteiger partial charge in [0.1, 0.15) is 5.69 Å². The molecule has 2 aromatic heterocycles. The lowest BCUT2D eigenvalue weighted by atomic mass is 9.95. The molecule has 5 heteroatoms. The van der Waals surface area contributed by atoms with E-state index in [1.165, 1.54) is 12.8 Å². The van der Waals surface area contributed by atoms with Crippen molar-refractivity contribution in [2.45, 2.75) is 19.3 Å². The van der Waals surface area contributed by atoms with Crippen molar-refractivity contribution in [3.8, 4) is 11.4 Å². The van der Waals surface area contributed by atoms with Crippen molar-refractivity contribution in [2.24, 2.45) is 13.0 Å². The summed E-state index contributed by atoms with van der Waals surface area (Å²) in [5.74, 6) is 0.685. The molecule has 0 aromatic carbocycles. The average molecular weight is 257 g/mol. The summed E-state index contributed by atoms with van der Waals surface area (Å²) in [6.45, 7) is 2.24. The first kappa shape index (κ1) is 12.3. The number of hydrogen-bond acceptors (Lipinski definition) is 4. The number of nitrogens with one attached hydrogen (secondary N) is 1. The highest BCUT2D eigenvalue weighted by Gasteiger charge is 2.15. The topological polar surface area (TPSA) is 55.6 Å². The summed E-state index contributed by atoms with van der Waals surface area (Å²) < 4.78 is 1.83. The van der Waals surface area contributed by atoms with Crippen molar-refractivity contribution in [3.05, 3.63) is 30.4 Å². The zero-order chi connectivity index (χ0) is 13.1. The van der Waals surface area contributed by atoms with Crippen molar-refractivity contribution in [1.29, 1.82) is 0 Å². The zero-order valence-corrected chi connectivity index (χ0v) is 11.2. The van der Waals surface area contributed by atoms with E-state index in [9.17, 15) is 0 Å². The Morgan fingerprint density at radius 1 is 1.42 bits per heavy atom. The van der Waals surface area contributed by atoms with Crippen LogP contribution in [-0.2, 0) is 13.5 Å². The molecule has 1 saturated heterocycles. The fourth-order valence-electron chi connectivity index (χ4n) is 2.65. The van der Waals surface area contributed by atoms with Gasteiger partial charge in [0.25, 0.3) is 0 Å². The van der Waals surface area contributed by atoms with Crippen molar-refractivity contribution < 1.29 is 0 Å². The maximum absolute atomic E-state index is 4.72. The molecule has 0 amide bonds. The summed E-state index contributed by atoms with van der Waals surface area (Å²) in [6.07, 6.45) is 9.03. The molecule has 3 heterocycles. The minimum Gasteiger partial charge on any atom is -0.316 e. The standard InChI is InChI=1S/C14H19N5/c1-19-14(4-6-17-19)13-10-16-9-12(18-13)7-11-3-2-5-15-8-11/h4,6,9-11,15H,2-3,5,7-8H2,1H3/t11-/m1/s1. The summed E-state index contributed by atoms with van der Waals surface area (Å²) >= 11 is 0. The van der Waals surface area contributed by atoms with Crippen molar-refractivity contribution in [2.75, 3.05) is 13.1 Å². The summed E-state index contributed by atoms with van der Waals surface area (Å²) in [4.78, 5) is 9.04. The van der Waals surface area contributed by atoms with Crippen LogP contribution in [-0.4, -0.2) is 32.8 Å². The summed E-state index contributed by atoms with van der Waals surface area (Å²) in [5.41, 5.74) is 2.99. The van der Waals surface area contributed by atoms with Gasteiger partial charge in [0, 0.05) is 19.4 Å². The summed E-state index contributed by atoms with van der Waals surface area (Å²) in [6, 6.07) is 1.97. The first-order valence-electron chi connectivity index (χ1n) is 6.83. The van der Waals surface area contributed by atoms with Gasteiger partial charge in [-0.3, -0.25) is 9.67 Å². The van der Waals surface area contributed by atoms with Crippen LogP contribution in [0.15, 0.2) is 24.7 Å². The highest BCUT2D eigenvalue weighted by molar-refractivity contribution is 5.52. The van der Waals surface area contributed by atoms with Crippen LogP contribution in [0.1, 0.15) is 18.5 Å². The van der Waals surface area contributed by atoms with Gasteiger partial charge in [-0.25, -0.2) is 4.98 Å². The van der Waals surface area contributed by atoms with Crippen LogP contribution in [0.4, 0.5) is 0 Å². The quantitative estimate of drug-likeness (QED) is 0.903. The second-order valence-corrected chi connectivity index (χ2v) is 5.15. The fourth-order valence-corrected chi connectivity index (χ4v) is 2.65. The maximum Gasteiger partial charge on any atom is 0.107 e. The Bertz CT molecular complexity index is 542. The van der Waals surface area contributed by atoms with Crippen LogP contribution in [0.25, 0.3) is 11.4 Å². The highest BCUT2D eigenvalue weighted by atomic mass is 15.3. The fraction of sp³-hybridized carbons (Fsp3) is 0.500. The third-order valence-corrected chi connectivity index (χ3v) is 3.66. The van der Waals surface area contributed by atoms with Gasteiger partial charge in [-0.15, -0.1) is 0 Å². The predicted octanol–water partition coefficient (Wildman–Crippen LogP) is 1.42. The lowest BCUT2D eigenvalue weighted by molar-refractivity contribution is 0.373. The van der Waals surface area contributed by atoms with Crippen LogP contribution in [0, 0.1) is 5.92 Å². The molecule has 19 heavy (non-hydrogen) atoms. The predicted molar refractivity (Wildman–Crippen MR) is 73.5 cm³/mol. The van der Waals surface area contributed by atoms with Crippen LogP contribution in [0.2, 0.25) is 0 Å². The van der Waals surface area contributed by atoms with Gasteiger partial charge in [-0.2, -0.15) is 5.10 Å². The van der Waals surface area contributed by atoms with Gasteiger partial charge in [0.2, 0.25) is 0 Å². The molecule has 1 aliphatic heterocycles. The molecule has 0 radical (unpaired) electrons. The molecule has 1 fully saturated rings. The smallest absolute Gasteiger partial charge is 0.107 e. The van der Waals surface area contributed by atoms with Crippen molar-refractivity contribution >= 4 is 0 Å². The zero-order valence-electron chi connectivity index (χ0n) is 11.2. The lowest BCUT2D eigenvalue weighted by Gasteiger charge is -2.22. The number of aromatic nitrogens is 4. The SMILES string of the molecule is Cn1nccc1-c1cncc(C[C@H]2CCCNC2)n1.